The molecule has 278 valence electrons. The zero-order chi connectivity index (χ0) is 36.1. The van der Waals surface area contributed by atoms with Crippen molar-refractivity contribution >= 4 is 40.8 Å². The molecule has 51 heavy (non-hydrogen) atoms. The number of alkyl halides is 3. The highest BCUT2D eigenvalue weighted by molar-refractivity contribution is 6.33. The van der Waals surface area contributed by atoms with Gasteiger partial charge in [0.15, 0.2) is 5.78 Å². The SMILES string of the molecule is Nc1c(Cl)cc(C[C@@H](NC(=O)N2CCC(N3CCc4ccccc4NC3=O)CC2)C(=O)CCC2CCN(C3CCNCC3)CC2)cc1C(F)(F)F. The molecular weight excluding hydrogens is 683 g/mol. The molecule has 0 spiro atoms. The Morgan fingerprint density at radius 1 is 0.961 bits per heavy atom. The summed E-state index contributed by atoms with van der Waals surface area (Å²) in [5.74, 6) is 0.149. The highest BCUT2D eigenvalue weighted by atomic mass is 35.5. The normalized spacial score (nSPS) is 20.7. The first-order valence-electron chi connectivity index (χ1n) is 18.3. The van der Waals surface area contributed by atoms with Crippen LogP contribution >= 0.6 is 11.6 Å². The average molecular weight is 732 g/mol. The van der Waals surface area contributed by atoms with Gasteiger partial charge >= 0.3 is 18.2 Å². The van der Waals surface area contributed by atoms with Gasteiger partial charge in [-0.1, -0.05) is 29.8 Å². The van der Waals surface area contributed by atoms with E-state index in [1.54, 1.807) is 4.90 Å². The van der Waals surface area contributed by atoms with Crippen molar-refractivity contribution in [1.29, 1.82) is 0 Å². The van der Waals surface area contributed by atoms with E-state index in [9.17, 15) is 27.6 Å². The molecule has 4 aliphatic rings. The number of Topliss-reactive ketones (excluding diaryl/α,β-unsaturated/α-hetero) is 1. The first kappa shape index (κ1) is 37.2. The number of anilines is 2. The van der Waals surface area contributed by atoms with Gasteiger partial charge in [-0.3, -0.25) is 4.79 Å². The molecule has 0 radical (unpaired) electrons. The molecule has 3 saturated heterocycles. The molecule has 4 aliphatic heterocycles. The fourth-order valence-electron chi connectivity index (χ4n) is 8.17. The quantitative estimate of drug-likeness (QED) is 0.237. The summed E-state index contributed by atoms with van der Waals surface area (Å²) in [5.41, 5.74) is 6.09. The summed E-state index contributed by atoms with van der Waals surface area (Å²) < 4.78 is 41.4. The minimum atomic E-state index is -4.73. The average Bonchev–Trinajstić information content (AvgIpc) is 3.29. The fourth-order valence-corrected chi connectivity index (χ4v) is 8.41. The van der Waals surface area contributed by atoms with Crippen molar-refractivity contribution in [2.24, 2.45) is 5.92 Å². The molecule has 0 saturated carbocycles. The number of carbonyl (C=O) groups is 3. The van der Waals surface area contributed by atoms with Crippen molar-refractivity contribution in [2.75, 3.05) is 56.9 Å². The Morgan fingerprint density at radius 3 is 2.37 bits per heavy atom. The predicted molar refractivity (Wildman–Crippen MR) is 192 cm³/mol. The van der Waals surface area contributed by atoms with E-state index >= 15 is 0 Å². The van der Waals surface area contributed by atoms with Gasteiger partial charge in [0.2, 0.25) is 0 Å². The van der Waals surface area contributed by atoms with Crippen LogP contribution in [0.15, 0.2) is 36.4 Å². The molecule has 4 amide bonds. The van der Waals surface area contributed by atoms with Crippen molar-refractivity contribution < 1.29 is 27.6 Å². The molecule has 10 nitrogen and oxygen atoms in total. The Balaban J connectivity index is 1.08. The number of nitrogens with zero attached hydrogens (tertiary/aromatic N) is 3. The number of ketones is 1. The lowest BCUT2D eigenvalue weighted by Gasteiger charge is -2.39. The van der Waals surface area contributed by atoms with Gasteiger partial charge in [-0.05, 0) is 119 Å². The molecule has 0 unspecified atom stereocenters. The van der Waals surface area contributed by atoms with Crippen LogP contribution in [0.4, 0.5) is 34.1 Å². The summed E-state index contributed by atoms with van der Waals surface area (Å²) in [4.78, 5) is 46.5. The summed E-state index contributed by atoms with van der Waals surface area (Å²) in [6.45, 7) is 5.38. The Morgan fingerprint density at radius 2 is 1.67 bits per heavy atom. The third kappa shape index (κ3) is 9.28. The van der Waals surface area contributed by atoms with E-state index in [2.05, 4.69) is 20.9 Å². The maximum absolute atomic E-state index is 13.8. The fraction of sp³-hybridized carbons (Fsp3) is 0.595. The lowest BCUT2D eigenvalue weighted by atomic mass is 9.88. The van der Waals surface area contributed by atoms with Crippen molar-refractivity contribution in [2.45, 2.75) is 88.5 Å². The topological polar surface area (TPSA) is 123 Å². The molecule has 3 fully saturated rings. The number of nitrogens with one attached hydrogen (secondary N) is 3. The van der Waals surface area contributed by atoms with E-state index in [0.717, 1.165) is 75.6 Å². The number of likely N-dealkylation sites (tertiary alicyclic amines) is 2. The number of urea groups is 2. The van der Waals surface area contributed by atoms with Crippen LogP contribution in [0.3, 0.4) is 0 Å². The number of piperidine rings is 3. The van der Waals surface area contributed by atoms with E-state index in [1.165, 1.54) is 6.07 Å². The lowest BCUT2D eigenvalue weighted by molar-refractivity contribution is -0.137. The number of amides is 4. The molecule has 14 heteroatoms. The second-order valence-corrected chi connectivity index (χ2v) is 14.9. The Hall–Kier alpha value is -3.55. The Bertz CT molecular complexity index is 1550. The summed E-state index contributed by atoms with van der Waals surface area (Å²) in [6, 6.07) is 8.88. The van der Waals surface area contributed by atoms with E-state index in [4.69, 9.17) is 17.3 Å². The number of nitrogen functional groups attached to an aromatic ring is 1. The molecule has 0 bridgehead atoms. The minimum Gasteiger partial charge on any atom is -0.397 e. The lowest BCUT2D eigenvalue weighted by Crippen LogP contribution is -2.54. The maximum atomic E-state index is 13.8. The molecule has 2 aromatic rings. The highest BCUT2D eigenvalue weighted by Gasteiger charge is 2.36. The van der Waals surface area contributed by atoms with Crippen LogP contribution in [-0.2, 0) is 23.8 Å². The number of carbonyl (C=O) groups excluding carboxylic acids is 3. The van der Waals surface area contributed by atoms with E-state index < -0.39 is 29.5 Å². The Labute approximate surface area is 302 Å². The van der Waals surface area contributed by atoms with Gasteiger partial charge in [-0.15, -0.1) is 0 Å². The molecular formula is C37H49ClF3N7O3. The van der Waals surface area contributed by atoms with Crippen LogP contribution in [0.5, 0.6) is 0 Å². The number of hydrogen-bond acceptors (Lipinski definition) is 6. The second kappa shape index (κ2) is 16.4. The summed E-state index contributed by atoms with van der Waals surface area (Å²) in [7, 11) is 0. The van der Waals surface area contributed by atoms with Gasteiger partial charge in [0.1, 0.15) is 0 Å². The van der Waals surface area contributed by atoms with Gasteiger partial charge in [0, 0.05) is 43.8 Å². The molecule has 1 atom stereocenters. The van der Waals surface area contributed by atoms with Crippen molar-refractivity contribution in [3.8, 4) is 0 Å². The van der Waals surface area contributed by atoms with Crippen LogP contribution < -0.4 is 21.7 Å². The molecule has 0 aliphatic carbocycles. The zero-order valence-electron chi connectivity index (χ0n) is 28.9. The standard InChI is InChI=1S/C37H49ClF3N7O3/c38-30-22-25(21-29(34(30)42)37(39,40)41)23-32(33(49)6-5-24-9-16-46(17-10-24)27-7-14-43-15-8-27)45-35(50)47-18-12-28(13-19-47)48-20-11-26-3-1-2-4-31(26)44-36(48)51/h1-4,21-22,24,27-28,32,43H,5-20,23,42H2,(H,44,51)(H,45,50)/t32-/m1/s1. The predicted octanol–water partition coefficient (Wildman–Crippen LogP) is 5.93. The summed E-state index contributed by atoms with van der Waals surface area (Å²) in [6.07, 6.45) is 2.14. The van der Waals surface area contributed by atoms with Crippen molar-refractivity contribution in [3.63, 3.8) is 0 Å². The number of rotatable bonds is 9. The van der Waals surface area contributed by atoms with E-state index in [-0.39, 0.29) is 41.3 Å². The van der Waals surface area contributed by atoms with Crippen LogP contribution in [0.2, 0.25) is 5.02 Å². The van der Waals surface area contributed by atoms with Gasteiger partial charge < -0.3 is 36.4 Å². The molecule has 4 heterocycles. The third-order valence-electron chi connectivity index (χ3n) is 11.2. The molecule has 6 rings (SSSR count). The van der Waals surface area contributed by atoms with E-state index in [0.29, 0.717) is 50.9 Å². The molecule has 5 N–H and O–H groups in total. The highest BCUT2D eigenvalue weighted by Crippen LogP contribution is 2.38. The van der Waals surface area contributed by atoms with Gasteiger partial charge in [0.25, 0.3) is 0 Å². The number of benzene rings is 2. The number of hydrogen-bond donors (Lipinski definition) is 4. The third-order valence-corrected chi connectivity index (χ3v) is 11.5. The largest absolute Gasteiger partial charge is 0.418 e. The number of halogens is 4. The van der Waals surface area contributed by atoms with Gasteiger partial charge in [0.05, 0.1) is 22.3 Å². The number of nitrogens with two attached hydrogens (primary N) is 1. The molecule has 2 aromatic carbocycles. The van der Waals surface area contributed by atoms with Crippen molar-refractivity contribution in [1.82, 2.24) is 25.3 Å². The van der Waals surface area contributed by atoms with Gasteiger partial charge in [-0.25, -0.2) is 9.59 Å². The Kier molecular flexibility index (Phi) is 12.0. The van der Waals surface area contributed by atoms with Gasteiger partial charge in [-0.2, -0.15) is 13.2 Å². The second-order valence-electron chi connectivity index (χ2n) is 14.5. The van der Waals surface area contributed by atoms with Crippen molar-refractivity contribution in [3.05, 3.63) is 58.1 Å². The summed E-state index contributed by atoms with van der Waals surface area (Å²) >= 11 is 6.13. The smallest absolute Gasteiger partial charge is 0.397 e. The molecule has 0 aromatic heterocycles. The minimum absolute atomic E-state index is 0.0558. The number of para-hydroxylation sites is 1. The van der Waals surface area contributed by atoms with Crippen LogP contribution in [0.1, 0.15) is 68.1 Å². The first-order valence-corrected chi connectivity index (χ1v) is 18.7. The first-order chi connectivity index (χ1) is 24.5. The number of fused-ring (bicyclic) bond motifs is 1. The maximum Gasteiger partial charge on any atom is 0.418 e. The van der Waals surface area contributed by atoms with Crippen LogP contribution in [0.25, 0.3) is 0 Å². The van der Waals surface area contributed by atoms with Crippen LogP contribution in [-0.4, -0.2) is 96.5 Å². The van der Waals surface area contributed by atoms with E-state index in [1.807, 2.05) is 29.2 Å². The monoisotopic (exact) mass is 731 g/mol. The zero-order valence-corrected chi connectivity index (χ0v) is 29.7. The summed E-state index contributed by atoms with van der Waals surface area (Å²) in [5, 5.41) is 9.03. The van der Waals surface area contributed by atoms with Crippen LogP contribution in [0, 0.1) is 5.92 Å².